The van der Waals surface area contributed by atoms with Gasteiger partial charge in [0.2, 0.25) is 11.9 Å². The summed E-state index contributed by atoms with van der Waals surface area (Å²) in [6.45, 7) is 6.14. The zero-order valence-corrected chi connectivity index (χ0v) is 20.3. The summed E-state index contributed by atoms with van der Waals surface area (Å²) in [5.41, 5.74) is 2.99. The monoisotopic (exact) mass is 491 g/mol. The molecular weight excluding hydrogens is 466 g/mol. The molecule has 0 radical (unpaired) electrons. The standard InChI is InChI=1S/C25H25N5O4S/c1-16-6-5-7-18(14-16)30-24(29-10-12-33-13-11-29)27-28-25(30)35-15-21(32)26-22-19-8-3-4-9-20(19)34-23(22)17(2)31/h3-9,14H,10-13,15H2,1-2H3,(H,26,32). The van der Waals surface area contributed by atoms with E-state index in [2.05, 4.69) is 26.5 Å². The van der Waals surface area contributed by atoms with Crippen LogP contribution in [0.4, 0.5) is 11.6 Å². The van der Waals surface area contributed by atoms with E-state index in [1.54, 1.807) is 6.07 Å². The number of rotatable bonds is 7. The third-order valence-corrected chi connectivity index (χ3v) is 6.61. The van der Waals surface area contributed by atoms with E-state index in [0.717, 1.165) is 30.3 Å². The van der Waals surface area contributed by atoms with Gasteiger partial charge in [-0.2, -0.15) is 0 Å². The van der Waals surface area contributed by atoms with Gasteiger partial charge < -0.3 is 19.4 Å². The van der Waals surface area contributed by atoms with Crippen molar-refractivity contribution in [2.45, 2.75) is 19.0 Å². The van der Waals surface area contributed by atoms with Crippen molar-refractivity contribution in [2.75, 3.05) is 42.3 Å². The summed E-state index contributed by atoms with van der Waals surface area (Å²) in [5.74, 6) is 0.432. The smallest absolute Gasteiger partial charge is 0.234 e. The maximum atomic E-state index is 12.9. The topological polar surface area (TPSA) is 102 Å². The summed E-state index contributed by atoms with van der Waals surface area (Å²) in [6, 6.07) is 15.3. The van der Waals surface area contributed by atoms with Crippen LogP contribution in [0, 0.1) is 6.92 Å². The molecule has 180 valence electrons. The second-order valence-electron chi connectivity index (χ2n) is 8.25. The molecule has 1 N–H and O–H groups in total. The Morgan fingerprint density at radius 2 is 1.89 bits per heavy atom. The lowest BCUT2D eigenvalue weighted by atomic mass is 10.2. The number of ketones is 1. The molecule has 1 aliphatic heterocycles. The number of hydrogen-bond acceptors (Lipinski definition) is 8. The van der Waals surface area contributed by atoms with Crippen molar-refractivity contribution in [1.29, 1.82) is 0 Å². The number of benzene rings is 2. The number of morpholine rings is 1. The highest BCUT2D eigenvalue weighted by Gasteiger charge is 2.24. The number of furan rings is 1. The lowest BCUT2D eigenvalue weighted by molar-refractivity contribution is -0.113. The Morgan fingerprint density at radius 1 is 1.09 bits per heavy atom. The summed E-state index contributed by atoms with van der Waals surface area (Å²) in [4.78, 5) is 27.2. The van der Waals surface area contributed by atoms with Crippen LogP contribution >= 0.6 is 11.8 Å². The Morgan fingerprint density at radius 3 is 2.66 bits per heavy atom. The average molecular weight is 492 g/mol. The van der Waals surface area contributed by atoms with Gasteiger partial charge >= 0.3 is 0 Å². The fourth-order valence-electron chi connectivity index (χ4n) is 4.04. The molecule has 35 heavy (non-hydrogen) atoms. The molecule has 2 aromatic heterocycles. The Kier molecular flexibility index (Phi) is 6.56. The molecule has 1 fully saturated rings. The normalized spacial score (nSPS) is 13.8. The number of Topliss-reactive ketones (excluding diaryl/α,β-unsaturated/α-hetero) is 1. The Bertz CT molecular complexity index is 1390. The minimum atomic E-state index is -0.268. The molecule has 4 aromatic rings. The molecule has 9 nitrogen and oxygen atoms in total. The summed E-state index contributed by atoms with van der Waals surface area (Å²) in [7, 11) is 0. The van der Waals surface area contributed by atoms with Crippen molar-refractivity contribution >= 4 is 46.1 Å². The van der Waals surface area contributed by atoms with Crippen molar-refractivity contribution in [3.05, 3.63) is 59.9 Å². The van der Waals surface area contributed by atoms with Crippen LogP contribution in [0.1, 0.15) is 23.0 Å². The van der Waals surface area contributed by atoms with E-state index in [0.29, 0.717) is 35.0 Å². The van der Waals surface area contributed by atoms with Crippen molar-refractivity contribution in [3.8, 4) is 5.69 Å². The van der Waals surface area contributed by atoms with Gasteiger partial charge in [-0.15, -0.1) is 10.2 Å². The molecular formula is C25H25N5O4S. The number of carbonyl (C=O) groups excluding carboxylic acids is 2. The van der Waals surface area contributed by atoms with Gasteiger partial charge in [-0.25, -0.2) is 0 Å². The largest absolute Gasteiger partial charge is 0.451 e. The quantitative estimate of drug-likeness (QED) is 0.305. The SMILES string of the molecule is CC(=O)c1oc2ccccc2c1NC(=O)CSc1nnc(N2CCOCC2)n1-c1cccc(C)c1. The minimum absolute atomic E-state index is 0.0872. The molecule has 3 heterocycles. The molecule has 5 rings (SSSR count). The van der Waals surface area contributed by atoms with Crippen LogP contribution < -0.4 is 10.2 Å². The second-order valence-corrected chi connectivity index (χ2v) is 9.19. The maximum absolute atomic E-state index is 12.9. The number of carbonyl (C=O) groups is 2. The third-order valence-electron chi connectivity index (χ3n) is 5.68. The summed E-state index contributed by atoms with van der Waals surface area (Å²) in [6.07, 6.45) is 0. The zero-order chi connectivity index (χ0) is 24.4. The van der Waals surface area contributed by atoms with Gasteiger partial charge in [0.15, 0.2) is 16.7 Å². The molecule has 1 amide bonds. The van der Waals surface area contributed by atoms with Crippen molar-refractivity contribution in [1.82, 2.24) is 14.8 Å². The van der Waals surface area contributed by atoms with Crippen molar-refractivity contribution in [2.24, 2.45) is 0 Å². The van der Waals surface area contributed by atoms with Crippen LogP contribution in [0.2, 0.25) is 0 Å². The summed E-state index contributed by atoms with van der Waals surface area (Å²) < 4.78 is 13.1. The average Bonchev–Trinajstić information content (AvgIpc) is 3.45. The Balaban J connectivity index is 1.40. The highest BCUT2D eigenvalue weighted by Crippen LogP contribution is 2.32. The molecule has 0 saturated carbocycles. The highest BCUT2D eigenvalue weighted by molar-refractivity contribution is 7.99. The first-order valence-electron chi connectivity index (χ1n) is 11.3. The van der Waals surface area contributed by atoms with E-state index < -0.39 is 0 Å². The number of aryl methyl sites for hydroxylation is 1. The van der Waals surface area contributed by atoms with E-state index in [1.165, 1.54) is 18.7 Å². The van der Waals surface area contributed by atoms with Gasteiger partial charge in [-0.3, -0.25) is 14.2 Å². The number of ether oxygens (including phenoxy) is 1. The zero-order valence-electron chi connectivity index (χ0n) is 19.5. The highest BCUT2D eigenvalue weighted by atomic mass is 32.2. The Labute approximate surface area is 206 Å². The van der Waals surface area contributed by atoms with Crippen molar-refractivity contribution < 1.29 is 18.7 Å². The van der Waals surface area contributed by atoms with Crippen LogP contribution in [0.5, 0.6) is 0 Å². The van der Waals surface area contributed by atoms with Gasteiger partial charge in [0.05, 0.1) is 30.3 Å². The van der Waals surface area contributed by atoms with Crippen LogP contribution in [-0.2, 0) is 9.53 Å². The van der Waals surface area contributed by atoms with Crippen molar-refractivity contribution in [3.63, 3.8) is 0 Å². The fraction of sp³-hybridized carbons (Fsp3) is 0.280. The van der Waals surface area contributed by atoms with E-state index in [1.807, 2.05) is 47.9 Å². The van der Waals surface area contributed by atoms with E-state index in [4.69, 9.17) is 9.15 Å². The first kappa shape index (κ1) is 23.1. The predicted octanol–water partition coefficient (Wildman–Crippen LogP) is 4.09. The molecule has 0 atom stereocenters. The number of nitrogens with one attached hydrogen (secondary N) is 1. The number of amides is 1. The van der Waals surface area contributed by atoms with Crippen LogP contribution in [0.15, 0.2) is 58.1 Å². The Hall–Kier alpha value is -3.63. The summed E-state index contributed by atoms with van der Waals surface area (Å²) >= 11 is 1.29. The van der Waals surface area contributed by atoms with E-state index in [9.17, 15) is 9.59 Å². The second kappa shape index (κ2) is 9.93. The van der Waals surface area contributed by atoms with Gasteiger partial charge in [-0.05, 0) is 36.8 Å². The van der Waals surface area contributed by atoms with Crippen LogP contribution in [0.25, 0.3) is 16.7 Å². The van der Waals surface area contributed by atoms with Gasteiger partial charge in [0.25, 0.3) is 0 Å². The number of para-hydroxylation sites is 1. The van der Waals surface area contributed by atoms with Gasteiger partial charge in [0, 0.05) is 25.4 Å². The molecule has 0 spiro atoms. The van der Waals surface area contributed by atoms with Gasteiger partial charge in [0.1, 0.15) is 5.58 Å². The van der Waals surface area contributed by atoms with Crippen LogP contribution in [0.3, 0.4) is 0 Å². The van der Waals surface area contributed by atoms with E-state index in [-0.39, 0.29) is 23.2 Å². The molecule has 0 unspecified atom stereocenters. The predicted molar refractivity (Wildman–Crippen MR) is 135 cm³/mol. The first-order valence-corrected chi connectivity index (χ1v) is 12.3. The van der Waals surface area contributed by atoms with Gasteiger partial charge in [-0.1, -0.05) is 36.0 Å². The molecule has 1 aliphatic rings. The molecule has 0 aliphatic carbocycles. The molecule has 2 aromatic carbocycles. The number of anilines is 2. The van der Waals surface area contributed by atoms with Crippen LogP contribution in [-0.4, -0.2) is 58.5 Å². The van der Waals surface area contributed by atoms with E-state index >= 15 is 0 Å². The number of nitrogens with zero attached hydrogens (tertiary/aromatic N) is 4. The lowest BCUT2D eigenvalue weighted by Gasteiger charge is -2.28. The number of hydrogen-bond donors (Lipinski definition) is 1. The molecule has 10 heteroatoms. The number of thioether (sulfide) groups is 1. The summed E-state index contributed by atoms with van der Waals surface area (Å²) in [5, 5.41) is 13.0. The number of fused-ring (bicyclic) bond motifs is 1. The third kappa shape index (κ3) is 4.80. The maximum Gasteiger partial charge on any atom is 0.234 e. The number of aromatic nitrogens is 3. The first-order chi connectivity index (χ1) is 17.0. The molecule has 0 bridgehead atoms. The minimum Gasteiger partial charge on any atom is -0.451 e. The molecule has 1 saturated heterocycles. The fourth-order valence-corrected chi connectivity index (χ4v) is 4.79. The lowest BCUT2D eigenvalue weighted by Crippen LogP contribution is -2.37.